The Kier molecular flexibility index (Phi) is 8.23. The first kappa shape index (κ1) is 26.1. The molecule has 0 saturated carbocycles. The Morgan fingerprint density at radius 1 is 1.17 bits per heavy atom. The number of fused-ring (bicyclic) bond motifs is 1. The third-order valence-electron chi connectivity index (χ3n) is 6.06. The molecule has 0 radical (unpaired) electrons. The fraction of sp³-hybridized carbons (Fsp3) is 0.259. The molecule has 0 spiro atoms. The van der Waals surface area contributed by atoms with Gasteiger partial charge in [0.15, 0.2) is 0 Å². The quantitative estimate of drug-likeness (QED) is 0.282. The second-order valence-corrected chi connectivity index (χ2v) is 10.3. The van der Waals surface area contributed by atoms with E-state index in [-0.39, 0.29) is 30.8 Å². The zero-order chi connectivity index (χ0) is 25.8. The third-order valence-corrected chi connectivity index (χ3v) is 7.58. The number of carbonyl (C=O) groups excluding carboxylic acids is 1. The van der Waals surface area contributed by atoms with Crippen LogP contribution < -0.4 is 10.7 Å². The zero-order valence-corrected chi connectivity index (χ0v) is 21.6. The lowest BCUT2D eigenvalue weighted by Gasteiger charge is -2.18. The minimum Gasteiger partial charge on any atom is -0.387 e. The van der Waals surface area contributed by atoms with E-state index in [4.69, 9.17) is 11.6 Å². The molecule has 9 heteroatoms. The average molecular weight is 526 g/mol. The summed E-state index contributed by atoms with van der Waals surface area (Å²) in [5.41, 5.74) is 3.53. The smallest absolute Gasteiger partial charge is 0.224 e. The molecule has 188 valence electrons. The van der Waals surface area contributed by atoms with Crippen LogP contribution in [0.25, 0.3) is 10.2 Å². The van der Waals surface area contributed by atoms with Crippen molar-refractivity contribution in [2.45, 2.75) is 32.5 Å². The first-order valence-electron chi connectivity index (χ1n) is 11.5. The lowest BCUT2D eigenvalue weighted by atomic mass is 10.1. The first-order chi connectivity index (χ1) is 17.2. The van der Waals surface area contributed by atoms with E-state index < -0.39 is 6.10 Å². The van der Waals surface area contributed by atoms with Gasteiger partial charge in [-0.15, -0.1) is 11.3 Å². The van der Waals surface area contributed by atoms with Crippen LogP contribution in [0.1, 0.15) is 33.2 Å². The van der Waals surface area contributed by atoms with Gasteiger partial charge in [0.1, 0.15) is 0 Å². The number of benzene rings is 2. The molecule has 2 aromatic heterocycles. The number of thiophene rings is 1. The Morgan fingerprint density at radius 2 is 1.86 bits per heavy atom. The highest BCUT2D eigenvalue weighted by Gasteiger charge is 2.20. The van der Waals surface area contributed by atoms with Crippen molar-refractivity contribution in [3.05, 3.63) is 103 Å². The Hall–Kier alpha value is -3.01. The highest BCUT2D eigenvalue weighted by atomic mass is 35.5. The molecule has 0 aliphatic rings. The van der Waals surface area contributed by atoms with Crippen LogP contribution in [-0.4, -0.2) is 32.4 Å². The number of hydrogen-bond donors (Lipinski definition) is 3. The van der Waals surface area contributed by atoms with E-state index in [1.807, 2.05) is 48.9 Å². The highest BCUT2D eigenvalue weighted by molar-refractivity contribution is 7.19. The van der Waals surface area contributed by atoms with Crippen molar-refractivity contribution in [1.82, 2.24) is 14.9 Å². The number of carbonyl (C=O) groups is 1. The molecule has 0 saturated heterocycles. The fourth-order valence-corrected chi connectivity index (χ4v) is 5.61. The minimum atomic E-state index is -0.838. The number of aliphatic hydroxyl groups excluding tert-OH is 1. The molecule has 0 aliphatic heterocycles. The van der Waals surface area contributed by atoms with E-state index in [1.54, 1.807) is 30.5 Å². The highest BCUT2D eigenvalue weighted by Crippen LogP contribution is 2.30. The summed E-state index contributed by atoms with van der Waals surface area (Å²) in [5.74, 6) is -0.244. The summed E-state index contributed by atoms with van der Waals surface area (Å²) in [4.78, 5) is 26.6. The predicted octanol–water partition coefficient (Wildman–Crippen LogP) is 4.35. The molecule has 0 fully saturated rings. The number of halogens is 1. The van der Waals surface area contributed by atoms with Gasteiger partial charge in [0.25, 0.3) is 0 Å². The number of hydrogen-bond acceptors (Lipinski definition) is 6. The fourth-order valence-electron chi connectivity index (χ4n) is 4.16. The Balaban J connectivity index is 1.47. The summed E-state index contributed by atoms with van der Waals surface area (Å²) >= 11 is 7.21. The summed E-state index contributed by atoms with van der Waals surface area (Å²) in [7, 11) is 1.84. The summed E-state index contributed by atoms with van der Waals surface area (Å²) in [6.07, 6.45) is 0.833. The maximum Gasteiger partial charge on any atom is 0.224 e. The minimum absolute atomic E-state index is 0.0299. The average Bonchev–Trinajstić information content (AvgIpc) is 3.18. The maximum absolute atomic E-state index is 13.2. The Bertz CT molecular complexity index is 1420. The van der Waals surface area contributed by atoms with Crippen LogP contribution in [0.5, 0.6) is 0 Å². The number of aliphatic hydroxyl groups is 1. The van der Waals surface area contributed by atoms with Gasteiger partial charge in [0.05, 0.1) is 35.8 Å². The van der Waals surface area contributed by atoms with Crippen molar-refractivity contribution >= 4 is 39.1 Å². The number of pyridine rings is 1. The molecular formula is C27H28ClN3O4S. The van der Waals surface area contributed by atoms with E-state index in [1.165, 1.54) is 11.3 Å². The number of rotatable bonds is 9. The molecule has 0 bridgehead atoms. The molecule has 36 heavy (non-hydrogen) atoms. The molecule has 1 amide bonds. The van der Waals surface area contributed by atoms with Gasteiger partial charge in [0.2, 0.25) is 11.3 Å². The Labute approximate surface area is 218 Å². The van der Waals surface area contributed by atoms with E-state index in [9.17, 15) is 19.9 Å². The molecule has 2 heterocycles. The second-order valence-electron chi connectivity index (χ2n) is 8.78. The summed E-state index contributed by atoms with van der Waals surface area (Å²) < 4.78 is 2.40. The Morgan fingerprint density at radius 3 is 2.56 bits per heavy atom. The molecule has 2 aromatic carbocycles. The van der Waals surface area contributed by atoms with Crippen molar-refractivity contribution in [1.29, 1.82) is 0 Å². The number of aromatic nitrogens is 1. The molecular weight excluding hydrogens is 498 g/mol. The number of nitrogens with one attached hydrogen (secondary N) is 1. The van der Waals surface area contributed by atoms with Gasteiger partial charge in [-0.3, -0.25) is 9.59 Å². The van der Waals surface area contributed by atoms with Crippen molar-refractivity contribution in [2.24, 2.45) is 7.05 Å². The maximum atomic E-state index is 13.2. The number of amides is 1. The summed E-state index contributed by atoms with van der Waals surface area (Å²) in [5, 5.41) is 25.5. The van der Waals surface area contributed by atoms with Gasteiger partial charge >= 0.3 is 0 Å². The molecule has 1 atom stereocenters. The summed E-state index contributed by atoms with van der Waals surface area (Å²) in [6.45, 7) is 2.47. The lowest BCUT2D eigenvalue weighted by molar-refractivity contribution is -0.121. The SMILES string of the molecule is Cc1c(CN(O)CC(O)c2ccccc2)sc2c(=O)c(CC(=O)NCc3ccc(Cl)cc3)cn(C)c12. The van der Waals surface area contributed by atoms with Crippen LogP contribution >= 0.6 is 22.9 Å². The third kappa shape index (κ3) is 6.03. The van der Waals surface area contributed by atoms with Crippen LogP contribution in [-0.2, 0) is 31.4 Å². The van der Waals surface area contributed by atoms with Crippen LogP contribution in [0.2, 0.25) is 5.02 Å². The van der Waals surface area contributed by atoms with E-state index >= 15 is 0 Å². The molecule has 4 rings (SSSR count). The number of nitrogens with zero attached hydrogens (tertiary/aromatic N) is 2. The standard InChI is InChI=1S/C27H28ClN3O4S/c1-17-23(16-31(35)15-22(32)19-6-4-3-5-7-19)36-27-25(17)30(2)14-20(26(27)34)12-24(33)29-13-18-8-10-21(28)11-9-18/h3-11,14,22,32,35H,12-13,15-16H2,1-2H3,(H,29,33). The molecule has 3 N–H and O–H groups in total. The number of aryl methyl sites for hydroxylation is 2. The van der Waals surface area contributed by atoms with Crippen LogP contribution in [0.3, 0.4) is 0 Å². The van der Waals surface area contributed by atoms with Crippen molar-refractivity contribution in [3.8, 4) is 0 Å². The summed E-state index contributed by atoms with van der Waals surface area (Å²) in [6, 6.07) is 16.4. The van der Waals surface area contributed by atoms with E-state index in [0.29, 0.717) is 21.8 Å². The zero-order valence-electron chi connectivity index (χ0n) is 20.1. The monoisotopic (exact) mass is 525 g/mol. The van der Waals surface area contributed by atoms with Crippen molar-refractivity contribution < 1.29 is 15.1 Å². The van der Waals surface area contributed by atoms with Crippen molar-refractivity contribution in [2.75, 3.05) is 6.54 Å². The molecule has 1 unspecified atom stereocenters. The molecule has 0 aliphatic carbocycles. The molecule has 4 aromatic rings. The van der Waals surface area contributed by atoms with Gasteiger partial charge in [-0.2, -0.15) is 5.06 Å². The van der Waals surface area contributed by atoms with Gasteiger partial charge in [-0.05, 0) is 35.7 Å². The lowest BCUT2D eigenvalue weighted by Crippen LogP contribution is -2.27. The van der Waals surface area contributed by atoms with E-state index in [0.717, 1.165) is 32.1 Å². The topological polar surface area (TPSA) is 94.8 Å². The largest absolute Gasteiger partial charge is 0.387 e. The van der Waals surface area contributed by atoms with Crippen LogP contribution in [0.4, 0.5) is 0 Å². The predicted molar refractivity (Wildman–Crippen MR) is 142 cm³/mol. The second kappa shape index (κ2) is 11.4. The first-order valence-corrected chi connectivity index (χ1v) is 12.7. The normalized spacial score (nSPS) is 12.3. The molecule has 7 nitrogen and oxygen atoms in total. The van der Waals surface area contributed by atoms with Gasteiger partial charge < -0.3 is 20.2 Å². The van der Waals surface area contributed by atoms with Gasteiger partial charge in [-0.1, -0.05) is 54.1 Å². The van der Waals surface area contributed by atoms with Crippen molar-refractivity contribution in [3.63, 3.8) is 0 Å². The van der Waals surface area contributed by atoms with Crippen LogP contribution in [0.15, 0.2) is 65.6 Å². The van der Waals surface area contributed by atoms with Gasteiger partial charge in [-0.25, -0.2) is 0 Å². The van der Waals surface area contributed by atoms with Gasteiger partial charge in [0, 0.05) is 35.3 Å². The number of hydroxylamine groups is 2. The van der Waals surface area contributed by atoms with Crippen LogP contribution in [0, 0.1) is 6.92 Å². The van der Waals surface area contributed by atoms with E-state index in [2.05, 4.69) is 5.32 Å².